The molecule has 2 aromatic rings. The van der Waals surface area contributed by atoms with Gasteiger partial charge in [-0.1, -0.05) is 56.3 Å². The Kier molecular flexibility index (Phi) is 8.82. The number of likely N-dealkylation sites (tertiary alicyclic amines) is 1. The molecule has 8 nitrogen and oxygen atoms in total. The number of nitrogens with zero attached hydrogens (tertiary/aromatic N) is 1. The SMILES string of the molecule is CC(C)C[C@@H](NS(=O)(=O)c1ccccc1)C(=O)N1CCC[C@H]1C(=O)NCc1ccc(CN)cc1. The van der Waals surface area contributed by atoms with E-state index in [1.54, 1.807) is 18.2 Å². The molecular weight excluding hydrogens is 452 g/mol. The van der Waals surface area contributed by atoms with Crippen LogP contribution in [0.1, 0.15) is 44.2 Å². The monoisotopic (exact) mass is 486 g/mol. The predicted molar refractivity (Wildman–Crippen MR) is 131 cm³/mol. The first-order valence-electron chi connectivity index (χ1n) is 11.6. The zero-order chi connectivity index (χ0) is 24.7. The normalized spacial score (nSPS) is 17.1. The highest BCUT2D eigenvalue weighted by molar-refractivity contribution is 7.89. The van der Waals surface area contributed by atoms with Gasteiger partial charge in [0, 0.05) is 19.6 Å². The molecule has 34 heavy (non-hydrogen) atoms. The second kappa shape index (κ2) is 11.6. The van der Waals surface area contributed by atoms with Crippen molar-refractivity contribution in [2.75, 3.05) is 6.54 Å². The third-order valence-corrected chi connectivity index (χ3v) is 7.41. The van der Waals surface area contributed by atoms with Gasteiger partial charge in [0.05, 0.1) is 4.90 Å². The van der Waals surface area contributed by atoms with E-state index in [-0.39, 0.29) is 22.6 Å². The smallest absolute Gasteiger partial charge is 0.243 e. The predicted octanol–water partition coefficient (Wildman–Crippen LogP) is 2.15. The van der Waals surface area contributed by atoms with Crippen LogP contribution in [0.2, 0.25) is 0 Å². The highest BCUT2D eigenvalue weighted by Gasteiger charge is 2.38. The first kappa shape index (κ1) is 25.9. The average Bonchev–Trinajstić information content (AvgIpc) is 3.32. The molecular formula is C25H34N4O4S. The van der Waals surface area contributed by atoms with Crippen molar-refractivity contribution >= 4 is 21.8 Å². The highest BCUT2D eigenvalue weighted by atomic mass is 32.2. The van der Waals surface area contributed by atoms with E-state index in [1.807, 2.05) is 38.1 Å². The van der Waals surface area contributed by atoms with Crippen LogP contribution in [0.5, 0.6) is 0 Å². The van der Waals surface area contributed by atoms with E-state index in [0.29, 0.717) is 38.9 Å². The Morgan fingerprint density at radius 3 is 2.32 bits per heavy atom. The molecule has 0 bridgehead atoms. The Morgan fingerprint density at radius 2 is 1.71 bits per heavy atom. The summed E-state index contributed by atoms with van der Waals surface area (Å²) < 4.78 is 28.4. The standard InChI is InChI=1S/C25H34N4O4S/c1-18(2)15-22(28-34(32,33)21-7-4-3-5-8-21)25(31)29-14-6-9-23(29)24(30)27-17-20-12-10-19(16-26)11-13-20/h3-5,7-8,10-13,18,22-23,28H,6,9,14-17,26H2,1-2H3,(H,27,30)/t22-,23+/m1/s1. The third kappa shape index (κ3) is 6.65. The van der Waals surface area contributed by atoms with Crippen molar-refractivity contribution in [3.63, 3.8) is 0 Å². The Balaban J connectivity index is 1.70. The quantitative estimate of drug-likeness (QED) is 0.475. The number of benzene rings is 2. The van der Waals surface area contributed by atoms with E-state index in [2.05, 4.69) is 10.0 Å². The summed E-state index contributed by atoms with van der Waals surface area (Å²) >= 11 is 0. The van der Waals surface area contributed by atoms with Gasteiger partial charge in [0.1, 0.15) is 12.1 Å². The molecule has 0 saturated carbocycles. The summed E-state index contributed by atoms with van der Waals surface area (Å²) in [5.41, 5.74) is 7.57. The summed E-state index contributed by atoms with van der Waals surface area (Å²) in [4.78, 5) is 28.0. The summed E-state index contributed by atoms with van der Waals surface area (Å²) in [5, 5.41) is 2.91. The molecule has 0 radical (unpaired) electrons. The van der Waals surface area contributed by atoms with E-state index in [0.717, 1.165) is 11.1 Å². The van der Waals surface area contributed by atoms with Crippen LogP contribution in [0.15, 0.2) is 59.5 Å². The van der Waals surface area contributed by atoms with Crippen LogP contribution >= 0.6 is 0 Å². The topological polar surface area (TPSA) is 122 Å². The van der Waals surface area contributed by atoms with E-state index >= 15 is 0 Å². The molecule has 1 aliphatic heterocycles. The van der Waals surface area contributed by atoms with Gasteiger partial charge in [0.2, 0.25) is 21.8 Å². The van der Waals surface area contributed by atoms with Crippen molar-refractivity contribution in [1.82, 2.24) is 14.9 Å². The van der Waals surface area contributed by atoms with E-state index < -0.39 is 22.1 Å². The van der Waals surface area contributed by atoms with Crippen LogP contribution in [0.4, 0.5) is 0 Å². The minimum absolute atomic E-state index is 0.0822. The Hall–Kier alpha value is -2.75. The molecule has 184 valence electrons. The van der Waals surface area contributed by atoms with E-state index in [4.69, 9.17) is 5.73 Å². The summed E-state index contributed by atoms with van der Waals surface area (Å²) in [5.74, 6) is -0.514. The van der Waals surface area contributed by atoms with E-state index in [9.17, 15) is 18.0 Å². The number of hydrogen-bond donors (Lipinski definition) is 3. The van der Waals surface area contributed by atoms with Crippen LogP contribution < -0.4 is 15.8 Å². The molecule has 4 N–H and O–H groups in total. The molecule has 0 spiro atoms. The Bertz CT molecular complexity index is 1070. The maximum absolute atomic E-state index is 13.5. The number of rotatable bonds is 10. The fourth-order valence-electron chi connectivity index (χ4n) is 4.13. The molecule has 1 aliphatic rings. The summed E-state index contributed by atoms with van der Waals surface area (Å²) in [6.45, 7) is 5.09. The molecule has 0 aromatic heterocycles. The lowest BCUT2D eigenvalue weighted by Gasteiger charge is -2.29. The zero-order valence-electron chi connectivity index (χ0n) is 19.7. The number of hydrogen-bond acceptors (Lipinski definition) is 5. The van der Waals surface area contributed by atoms with Crippen molar-refractivity contribution in [1.29, 1.82) is 0 Å². The molecule has 1 heterocycles. The fraction of sp³-hybridized carbons (Fsp3) is 0.440. The maximum atomic E-state index is 13.5. The molecule has 1 fully saturated rings. The van der Waals surface area contributed by atoms with Crippen LogP contribution in [0.25, 0.3) is 0 Å². The van der Waals surface area contributed by atoms with Crippen LogP contribution in [0, 0.1) is 5.92 Å². The lowest BCUT2D eigenvalue weighted by atomic mass is 10.0. The number of carbonyl (C=O) groups is 2. The van der Waals surface area contributed by atoms with Gasteiger partial charge in [-0.25, -0.2) is 8.42 Å². The largest absolute Gasteiger partial charge is 0.350 e. The van der Waals surface area contributed by atoms with Crippen LogP contribution in [-0.2, 0) is 32.7 Å². The van der Waals surface area contributed by atoms with Gasteiger partial charge >= 0.3 is 0 Å². The van der Waals surface area contributed by atoms with Gasteiger partial charge in [-0.05, 0) is 48.4 Å². The van der Waals surface area contributed by atoms with Crippen molar-refractivity contribution < 1.29 is 18.0 Å². The van der Waals surface area contributed by atoms with Crippen molar-refractivity contribution in [3.05, 3.63) is 65.7 Å². The minimum atomic E-state index is -3.88. The highest BCUT2D eigenvalue weighted by Crippen LogP contribution is 2.22. The lowest BCUT2D eigenvalue weighted by molar-refractivity contribution is -0.140. The van der Waals surface area contributed by atoms with Crippen LogP contribution in [-0.4, -0.2) is 43.8 Å². The molecule has 3 rings (SSSR count). The molecule has 2 aromatic carbocycles. The summed E-state index contributed by atoms with van der Waals surface area (Å²) in [7, 11) is -3.88. The van der Waals surface area contributed by atoms with Crippen LogP contribution in [0.3, 0.4) is 0 Å². The van der Waals surface area contributed by atoms with E-state index in [1.165, 1.54) is 17.0 Å². The number of nitrogens with two attached hydrogens (primary N) is 1. The number of nitrogens with one attached hydrogen (secondary N) is 2. The van der Waals surface area contributed by atoms with Gasteiger partial charge in [0.15, 0.2) is 0 Å². The van der Waals surface area contributed by atoms with Crippen molar-refractivity contribution in [2.24, 2.45) is 11.7 Å². The zero-order valence-corrected chi connectivity index (χ0v) is 20.6. The minimum Gasteiger partial charge on any atom is -0.350 e. The van der Waals surface area contributed by atoms with Crippen molar-refractivity contribution in [3.8, 4) is 0 Å². The first-order chi connectivity index (χ1) is 16.2. The van der Waals surface area contributed by atoms with Gasteiger partial charge < -0.3 is 16.0 Å². The molecule has 9 heteroatoms. The molecule has 2 atom stereocenters. The van der Waals surface area contributed by atoms with Gasteiger partial charge in [0.25, 0.3) is 0 Å². The maximum Gasteiger partial charge on any atom is 0.243 e. The van der Waals surface area contributed by atoms with Gasteiger partial charge in [-0.3, -0.25) is 9.59 Å². The first-order valence-corrected chi connectivity index (χ1v) is 13.1. The van der Waals surface area contributed by atoms with Gasteiger partial charge in [-0.2, -0.15) is 4.72 Å². The molecule has 0 unspecified atom stereocenters. The number of carbonyl (C=O) groups excluding carboxylic acids is 2. The number of sulfonamides is 1. The lowest BCUT2D eigenvalue weighted by Crippen LogP contribution is -2.53. The second-order valence-electron chi connectivity index (χ2n) is 9.04. The third-order valence-electron chi connectivity index (χ3n) is 5.92. The molecule has 0 aliphatic carbocycles. The fourth-order valence-corrected chi connectivity index (χ4v) is 5.35. The second-order valence-corrected chi connectivity index (χ2v) is 10.8. The summed E-state index contributed by atoms with van der Waals surface area (Å²) in [6.07, 6.45) is 1.57. The average molecular weight is 487 g/mol. The number of amides is 2. The molecule has 2 amide bonds. The molecule has 1 saturated heterocycles. The van der Waals surface area contributed by atoms with Gasteiger partial charge in [-0.15, -0.1) is 0 Å². The van der Waals surface area contributed by atoms with Crippen molar-refractivity contribution in [2.45, 2.75) is 63.2 Å². The Morgan fingerprint density at radius 1 is 1.06 bits per heavy atom. The summed E-state index contributed by atoms with van der Waals surface area (Å²) in [6, 6.07) is 14.1. The Labute approximate surface area is 202 Å².